The van der Waals surface area contributed by atoms with Gasteiger partial charge in [0.2, 0.25) is 5.91 Å². The molecule has 2 atom stereocenters. The lowest BCUT2D eigenvalue weighted by Crippen LogP contribution is -2.18. The van der Waals surface area contributed by atoms with E-state index in [1.54, 1.807) is 0 Å². The molecule has 0 saturated heterocycles. The van der Waals surface area contributed by atoms with E-state index in [0.29, 0.717) is 11.6 Å². The maximum Gasteiger partial charge on any atom is 0.231 e. The SMILES string of the molecule is CC(=O)Cc1c(F)ccc(CC(=O)c2cc(NC(=O)[C@H]3[C@H](c4cc(Cl)c(Cl)c(Cl)c4)C3(Cl)Cl)cc(F)c2F)c1F. The molecule has 1 N–H and O–H groups in total. The van der Waals surface area contributed by atoms with Crippen molar-refractivity contribution in [3.63, 3.8) is 0 Å². The van der Waals surface area contributed by atoms with Crippen molar-refractivity contribution in [2.45, 2.75) is 30.0 Å². The fraction of sp³-hybridized carbons (Fsp3) is 0.222. The van der Waals surface area contributed by atoms with E-state index in [0.717, 1.165) is 25.1 Å². The van der Waals surface area contributed by atoms with E-state index in [1.807, 2.05) is 0 Å². The van der Waals surface area contributed by atoms with Gasteiger partial charge in [0.1, 0.15) is 21.8 Å². The van der Waals surface area contributed by atoms with E-state index >= 15 is 0 Å². The van der Waals surface area contributed by atoms with E-state index in [9.17, 15) is 31.9 Å². The van der Waals surface area contributed by atoms with Crippen LogP contribution in [0.3, 0.4) is 0 Å². The molecule has 40 heavy (non-hydrogen) atoms. The molecular weight excluding hydrogens is 640 g/mol. The van der Waals surface area contributed by atoms with Gasteiger partial charge in [-0.15, -0.1) is 23.2 Å². The topological polar surface area (TPSA) is 63.2 Å². The predicted molar refractivity (Wildman–Crippen MR) is 146 cm³/mol. The van der Waals surface area contributed by atoms with Crippen molar-refractivity contribution < 1.29 is 31.9 Å². The van der Waals surface area contributed by atoms with Gasteiger partial charge in [-0.25, -0.2) is 17.6 Å². The Hall–Kier alpha value is -2.36. The maximum absolute atomic E-state index is 14.8. The third-order valence-electron chi connectivity index (χ3n) is 6.34. The fourth-order valence-electron chi connectivity index (χ4n) is 4.37. The number of hydrogen-bond donors (Lipinski definition) is 1. The van der Waals surface area contributed by atoms with Gasteiger partial charge >= 0.3 is 0 Å². The number of benzene rings is 3. The van der Waals surface area contributed by atoms with Gasteiger partial charge in [-0.3, -0.25) is 14.4 Å². The summed E-state index contributed by atoms with van der Waals surface area (Å²) in [6.45, 7) is 1.14. The average Bonchev–Trinajstić information content (AvgIpc) is 3.45. The minimum atomic E-state index is -1.60. The molecule has 4 nitrogen and oxygen atoms in total. The lowest BCUT2D eigenvalue weighted by Gasteiger charge is -2.11. The van der Waals surface area contributed by atoms with Gasteiger partial charge < -0.3 is 5.32 Å². The summed E-state index contributed by atoms with van der Waals surface area (Å²) in [5, 5.41) is 2.66. The van der Waals surface area contributed by atoms with Gasteiger partial charge in [0, 0.05) is 36.1 Å². The van der Waals surface area contributed by atoms with Crippen LogP contribution in [0.5, 0.6) is 0 Å². The second kappa shape index (κ2) is 11.5. The number of carbonyl (C=O) groups is 3. The van der Waals surface area contributed by atoms with Crippen molar-refractivity contribution in [2.24, 2.45) is 5.92 Å². The molecule has 1 fully saturated rings. The van der Waals surface area contributed by atoms with E-state index in [-0.39, 0.29) is 26.3 Å². The molecule has 1 aliphatic rings. The Kier molecular flexibility index (Phi) is 8.79. The first-order valence-corrected chi connectivity index (χ1v) is 13.3. The van der Waals surface area contributed by atoms with Crippen LogP contribution in [-0.4, -0.2) is 21.8 Å². The number of anilines is 1. The summed E-state index contributed by atoms with van der Waals surface area (Å²) in [6, 6.07) is 6.24. The number of nitrogens with one attached hydrogen (secondary N) is 1. The fourth-order valence-corrected chi connectivity index (χ4v) is 5.81. The lowest BCUT2D eigenvalue weighted by atomic mass is 9.97. The zero-order valence-electron chi connectivity index (χ0n) is 20.2. The van der Waals surface area contributed by atoms with E-state index in [1.165, 1.54) is 12.1 Å². The predicted octanol–water partition coefficient (Wildman–Crippen LogP) is 8.29. The number of amides is 1. The highest BCUT2D eigenvalue weighted by atomic mass is 35.5. The van der Waals surface area contributed by atoms with Gasteiger partial charge in [-0.05, 0) is 42.3 Å². The third-order valence-corrected chi connectivity index (χ3v) is 8.48. The van der Waals surface area contributed by atoms with Crippen molar-refractivity contribution in [1.82, 2.24) is 0 Å². The first-order valence-electron chi connectivity index (χ1n) is 11.4. The van der Waals surface area contributed by atoms with Crippen LogP contribution in [0.2, 0.25) is 15.1 Å². The van der Waals surface area contributed by atoms with E-state index < -0.39 is 80.9 Å². The molecule has 1 amide bonds. The smallest absolute Gasteiger partial charge is 0.231 e. The van der Waals surface area contributed by atoms with Crippen LogP contribution in [0.1, 0.15) is 39.9 Å². The Morgan fingerprint density at radius 2 is 1.50 bits per heavy atom. The quantitative estimate of drug-likeness (QED) is 0.115. The van der Waals surface area contributed by atoms with Gasteiger partial charge in [-0.2, -0.15) is 0 Å². The molecule has 3 aromatic rings. The number of carbonyl (C=O) groups excluding carboxylic acids is 3. The second-order valence-electron chi connectivity index (χ2n) is 9.22. The number of Topliss-reactive ketones (excluding diaryl/α,β-unsaturated/α-hetero) is 2. The Labute approximate surface area is 250 Å². The van der Waals surface area contributed by atoms with Crippen molar-refractivity contribution in [2.75, 3.05) is 5.32 Å². The highest BCUT2D eigenvalue weighted by Crippen LogP contribution is 2.65. The van der Waals surface area contributed by atoms with Crippen LogP contribution in [0.4, 0.5) is 23.2 Å². The third kappa shape index (κ3) is 5.97. The molecule has 13 heteroatoms. The number of rotatable bonds is 8. The zero-order valence-corrected chi connectivity index (χ0v) is 23.9. The zero-order chi connectivity index (χ0) is 29.7. The Balaban J connectivity index is 1.57. The summed E-state index contributed by atoms with van der Waals surface area (Å²) in [6.07, 6.45) is -1.33. The van der Waals surface area contributed by atoms with Gasteiger partial charge in [0.05, 0.1) is 26.5 Å². The molecular formula is C27H16Cl5F4NO3. The standard InChI is InChI=1S/C27H16Cl5F4NO3/c1-10(38)4-14-18(33)3-2-11(24(14)35)7-20(39)15-8-13(9-19(34)25(15)36)37-26(40)22-21(27(22,31)32)12-5-16(28)23(30)17(29)6-12/h2-3,5-6,8-9,21-22H,4,7H2,1H3,(H,37,40)/t21-,22+/m0/s1. The summed E-state index contributed by atoms with van der Waals surface area (Å²) >= 11 is 30.7. The summed E-state index contributed by atoms with van der Waals surface area (Å²) in [4.78, 5) is 37.2. The summed E-state index contributed by atoms with van der Waals surface area (Å²) in [5.74, 6) is -9.33. The Morgan fingerprint density at radius 1 is 0.875 bits per heavy atom. The highest BCUT2D eigenvalue weighted by Gasteiger charge is 2.67. The van der Waals surface area contributed by atoms with Crippen molar-refractivity contribution in [3.8, 4) is 0 Å². The second-order valence-corrected chi connectivity index (χ2v) is 11.9. The van der Waals surface area contributed by atoms with Crippen molar-refractivity contribution >= 4 is 81.2 Å². The van der Waals surface area contributed by atoms with Gasteiger partial charge in [0.15, 0.2) is 17.4 Å². The van der Waals surface area contributed by atoms with Crippen LogP contribution in [0, 0.1) is 29.2 Å². The molecule has 0 spiro atoms. The molecule has 3 aromatic carbocycles. The minimum Gasteiger partial charge on any atom is -0.326 e. The number of alkyl halides is 2. The van der Waals surface area contributed by atoms with E-state index in [4.69, 9.17) is 58.0 Å². The first-order chi connectivity index (χ1) is 18.6. The van der Waals surface area contributed by atoms with Gasteiger partial charge in [0.25, 0.3) is 0 Å². The molecule has 1 aliphatic carbocycles. The highest BCUT2D eigenvalue weighted by molar-refractivity contribution is 6.54. The summed E-state index contributed by atoms with van der Waals surface area (Å²) in [5.41, 5.74) is -1.55. The van der Waals surface area contributed by atoms with Crippen LogP contribution >= 0.6 is 58.0 Å². The van der Waals surface area contributed by atoms with Gasteiger partial charge in [-0.1, -0.05) is 40.9 Å². The monoisotopic (exact) mass is 653 g/mol. The molecule has 4 rings (SSSR count). The Morgan fingerprint density at radius 3 is 2.10 bits per heavy atom. The summed E-state index contributed by atoms with van der Waals surface area (Å²) < 4.78 is 56.2. The molecule has 0 unspecified atom stereocenters. The number of ketones is 2. The Bertz CT molecular complexity index is 1560. The van der Waals surface area contributed by atoms with Crippen molar-refractivity contribution in [3.05, 3.63) is 97.0 Å². The van der Waals surface area contributed by atoms with Crippen LogP contribution in [-0.2, 0) is 22.4 Å². The number of hydrogen-bond acceptors (Lipinski definition) is 3. The molecule has 1 saturated carbocycles. The van der Waals surface area contributed by atoms with E-state index in [2.05, 4.69) is 5.32 Å². The molecule has 0 heterocycles. The molecule has 0 bridgehead atoms. The van der Waals surface area contributed by atoms with Crippen LogP contribution in [0.25, 0.3) is 0 Å². The lowest BCUT2D eigenvalue weighted by molar-refractivity contribution is -0.117. The first kappa shape index (κ1) is 30.6. The minimum absolute atomic E-state index is 0.0954. The number of halogens is 9. The molecule has 0 aliphatic heterocycles. The molecule has 0 radical (unpaired) electrons. The maximum atomic E-state index is 14.8. The molecule has 0 aromatic heterocycles. The van der Waals surface area contributed by atoms with Crippen molar-refractivity contribution in [1.29, 1.82) is 0 Å². The largest absolute Gasteiger partial charge is 0.326 e. The average molecular weight is 656 g/mol. The van der Waals surface area contributed by atoms with Crippen LogP contribution < -0.4 is 5.32 Å². The van der Waals surface area contributed by atoms with Crippen LogP contribution in [0.15, 0.2) is 36.4 Å². The molecule has 210 valence electrons. The summed E-state index contributed by atoms with van der Waals surface area (Å²) in [7, 11) is 0. The normalized spacial score (nSPS) is 17.4.